The van der Waals surface area contributed by atoms with E-state index in [2.05, 4.69) is 58.4 Å². The third-order valence-electron chi connectivity index (χ3n) is 2.99. The Bertz CT molecular complexity index is 510. The highest BCUT2D eigenvalue weighted by atomic mass is 79.9. The van der Waals surface area contributed by atoms with Crippen molar-refractivity contribution in [2.24, 2.45) is 0 Å². The van der Waals surface area contributed by atoms with Crippen molar-refractivity contribution in [1.29, 1.82) is 0 Å². The van der Waals surface area contributed by atoms with Gasteiger partial charge in [-0.3, -0.25) is 4.79 Å². The van der Waals surface area contributed by atoms with Gasteiger partial charge in [0.05, 0.1) is 5.69 Å². The van der Waals surface area contributed by atoms with Crippen LogP contribution < -0.4 is 10.4 Å². The molecule has 0 spiro atoms. The zero-order chi connectivity index (χ0) is 14.8. The van der Waals surface area contributed by atoms with E-state index in [9.17, 15) is 4.79 Å². The first-order valence-corrected chi connectivity index (χ1v) is 8.54. The van der Waals surface area contributed by atoms with E-state index in [1.54, 1.807) is 0 Å². The Morgan fingerprint density at radius 2 is 2.30 bits per heavy atom. The summed E-state index contributed by atoms with van der Waals surface area (Å²) in [5, 5.41) is 1.90. The van der Waals surface area contributed by atoms with Crippen LogP contribution in [0.2, 0.25) is 0 Å². The van der Waals surface area contributed by atoms with Gasteiger partial charge in [-0.1, -0.05) is 15.9 Å². The number of benzene rings is 1. The Morgan fingerprint density at radius 1 is 1.55 bits per heavy atom. The van der Waals surface area contributed by atoms with Gasteiger partial charge in [-0.25, -0.2) is 5.43 Å². The lowest BCUT2D eigenvalue weighted by Crippen LogP contribution is -2.48. The summed E-state index contributed by atoms with van der Waals surface area (Å²) in [7, 11) is 0. The van der Waals surface area contributed by atoms with Crippen molar-refractivity contribution in [3.05, 3.63) is 22.7 Å². The lowest BCUT2D eigenvalue weighted by molar-refractivity contribution is -0.111. The van der Waals surface area contributed by atoms with Crippen LogP contribution >= 0.6 is 39.3 Å². The summed E-state index contributed by atoms with van der Waals surface area (Å²) in [5.41, 5.74) is 4.59. The topological polar surface area (TPSA) is 32.3 Å². The highest BCUT2D eigenvalue weighted by Gasteiger charge is 2.31. The van der Waals surface area contributed by atoms with Crippen LogP contribution in [0.25, 0.3) is 0 Å². The zero-order valence-corrected chi connectivity index (χ0v) is 14.7. The first-order valence-electron chi connectivity index (χ1n) is 6.55. The van der Waals surface area contributed by atoms with E-state index in [4.69, 9.17) is 11.6 Å². The largest absolute Gasteiger partial charge is 0.306 e. The minimum atomic E-state index is -0.274. The molecule has 2 rings (SSSR count). The summed E-state index contributed by atoms with van der Waals surface area (Å²) in [6.45, 7) is 6.13. The summed E-state index contributed by atoms with van der Waals surface area (Å²) < 4.78 is 1.22. The summed E-state index contributed by atoms with van der Waals surface area (Å²) >= 11 is 10.8. The van der Waals surface area contributed by atoms with Gasteiger partial charge in [-0.15, -0.1) is 11.8 Å². The number of hydrogen-bond acceptors (Lipinski definition) is 4. The lowest BCUT2D eigenvalue weighted by Gasteiger charge is -2.40. The first-order chi connectivity index (χ1) is 9.37. The van der Waals surface area contributed by atoms with Gasteiger partial charge >= 0.3 is 0 Å². The number of nitrogens with one attached hydrogen (secondary N) is 1. The van der Waals surface area contributed by atoms with Gasteiger partial charge in [0.2, 0.25) is 5.24 Å². The molecule has 0 unspecified atom stereocenters. The number of anilines is 1. The van der Waals surface area contributed by atoms with Crippen LogP contribution in [0.4, 0.5) is 5.69 Å². The molecule has 0 atom stereocenters. The first kappa shape index (κ1) is 16.1. The number of halogens is 2. The summed E-state index contributed by atoms with van der Waals surface area (Å²) in [4.78, 5) is 12.0. The van der Waals surface area contributed by atoms with Gasteiger partial charge in [-0.2, -0.15) is 0 Å². The fourth-order valence-corrected chi connectivity index (χ4v) is 3.85. The van der Waals surface area contributed by atoms with Gasteiger partial charge in [0.1, 0.15) is 0 Å². The molecule has 1 aromatic rings. The van der Waals surface area contributed by atoms with Gasteiger partial charge < -0.3 is 5.01 Å². The average molecular weight is 378 g/mol. The molecular formula is C14H18BrClN2OS. The Kier molecular flexibility index (Phi) is 5.40. The Hall–Kier alpha value is -0.230. The van der Waals surface area contributed by atoms with E-state index in [0.29, 0.717) is 6.42 Å². The number of fused-ring (bicyclic) bond motifs is 1. The standard InChI is InChI=1S/C14H18BrClN2OS/c1-14(2)9-18(17-7-3-4-13(16)19)11-8-10(15)5-6-12(11)20-14/h5-6,8,17H,3-4,7,9H2,1-2H3. The molecule has 3 nitrogen and oxygen atoms in total. The maximum Gasteiger partial charge on any atom is 0.221 e. The van der Waals surface area contributed by atoms with E-state index < -0.39 is 0 Å². The van der Waals surface area contributed by atoms with Crippen LogP contribution in [0.15, 0.2) is 27.6 Å². The smallest absolute Gasteiger partial charge is 0.221 e. The molecule has 1 aliphatic rings. The molecule has 6 heteroatoms. The van der Waals surface area contributed by atoms with E-state index in [0.717, 1.165) is 24.0 Å². The van der Waals surface area contributed by atoms with E-state index >= 15 is 0 Å². The van der Waals surface area contributed by atoms with Crippen molar-refractivity contribution >= 4 is 50.2 Å². The lowest BCUT2D eigenvalue weighted by atomic mass is 10.2. The number of hydrogen-bond donors (Lipinski definition) is 1. The van der Waals surface area contributed by atoms with Crippen LogP contribution in [-0.4, -0.2) is 23.1 Å². The molecule has 20 heavy (non-hydrogen) atoms. The molecule has 0 aliphatic carbocycles. The van der Waals surface area contributed by atoms with Crippen molar-refractivity contribution in [3.63, 3.8) is 0 Å². The Labute approximate surface area is 137 Å². The van der Waals surface area contributed by atoms with Gasteiger partial charge in [0.15, 0.2) is 0 Å². The van der Waals surface area contributed by atoms with Crippen LogP contribution in [0.5, 0.6) is 0 Å². The molecule has 110 valence electrons. The van der Waals surface area contributed by atoms with Crippen LogP contribution in [-0.2, 0) is 4.79 Å². The second kappa shape index (κ2) is 6.69. The molecule has 0 amide bonds. The van der Waals surface area contributed by atoms with Crippen molar-refractivity contribution in [1.82, 2.24) is 5.43 Å². The van der Waals surface area contributed by atoms with Crippen LogP contribution in [0.1, 0.15) is 26.7 Å². The fraction of sp³-hybridized carbons (Fsp3) is 0.500. The Balaban J connectivity index is 2.08. The maximum atomic E-state index is 10.8. The second-order valence-corrected chi connectivity index (χ2v) is 8.51. The quantitative estimate of drug-likeness (QED) is 0.616. The molecule has 1 aromatic carbocycles. The SMILES string of the molecule is CC1(C)CN(NCCCC(=O)Cl)c2cc(Br)ccc2S1. The highest BCUT2D eigenvalue weighted by Crippen LogP contribution is 2.44. The van der Waals surface area contributed by atoms with E-state index in [1.165, 1.54) is 10.6 Å². The third-order valence-corrected chi connectivity index (χ3v) is 4.92. The molecule has 0 saturated heterocycles. The molecule has 0 aromatic heterocycles. The molecule has 1 aliphatic heterocycles. The van der Waals surface area contributed by atoms with Crippen molar-refractivity contribution < 1.29 is 4.79 Å². The van der Waals surface area contributed by atoms with Crippen LogP contribution in [0, 0.1) is 0 Å². The molecule has 0 fully saturated rings. The van der Waals surface area contributed by atoms with Gasteiger partial charge in [0, 0.05) is 33.6 Å². The van der Waals surface area contributed by atoms with Crippen molar-refractivity contribution in [2.75, 3.05) is 18.1 Å². The summed E-state index contributed by atoms with van der Waals surface area (Å²) in [6, 6.07) is 6.33. The third kappa shape index (κ3) is 4.38. The normalized spacial score (nSPS) is 16.9. The number of rotatable bonds is 5. The molecular weight excluding hydrogens is 360 g/mol. The number of carbonyl (C=O) groups excluding carboxylic acids is 1. The van der Waals surface area contributed by atoms with Crippen molar-refractivity contribution in [2.45, 2.75) is 36.3 Å². The fourth-order valence-electron chi connectivity index (χ4n) is 2.17. The summed E-state index contributed by atoms with van der Waals surface area (Å²) in [6.07, 6.45) is 1.15. The zero-order valence-electron chi connectivity index (χ0n) is 11.6. The predicted molar refractivity (Wildman–Crippen MR) is 89.5 cm³/mol. The predicted octanol–water partition coefficient (Wildman–Crippen LogP) is 4.19. The average Bonchev–Trinajstić information content (AvgIpc) is 2.34. The maximum absolute atomic E-state index is 10.8. The molecule has 1 N–H and O–H groups in total. The molecule has 0 saturated carbocycles. The Morgan fingerprint density at radius 3 is 3.00 bits per heavy atom. The summed E-state index contributed by atoms with van der Waals surface area (Å²) in [5.74, 6) is 0. The van der Waals surface area contributed by atoms with Gasteiger partial charge in [0.25, 0.3) is 0 Å². The number of thioether (sulfide) groups is 1. The van der Waals surface area contributed by atoms with Crippen molar-refractivity contribution in [3.8, 4) is 0 Å². The monoisotopic (exact) mass is 376 g/mol. The highest BCUT2D eigenvalue weighted by molar-refractivity contribution is 9.10. The minimum absolute atomic E-state index is 0.149. The van der Waals surface area contributed by atoms with Crippen LogP contribution in [0.3, 0.4) is 0 Å². The molecule has 0 bridgehead atoms. The van der Waals surface area contributed by atoms with Gasteiger partial charge in [-0.05, 0) is 50.1 Å². The number of hydrazine groups is 1. The number of carbonyl (C=O) groups is 1. The number of nitrogens with zero attached hydrogens (tertiary/aromatic N) is 1. The second-order valence-electron chi connectivity index (χ2n) is 5.43. The van der Waals surface area contributed by atoms with E-state index in [1.807, 2.05) is 11.8 Å². The molecule has 0 radical (unpaired) electrons. The minimum Gasteiger partial charge on any atom is -0.306 e. The van der Waals surface area contributed by atoms with E-state index in [-0.39, 0.29) is 9.99 Å². The molecule has 1 heterocycles.